The molecular formula is C26H30N6O. The van der Waals surface area contributed by atoms with Crippen molar-refractivity contribution < 1.29 is 0 Å². The van der Waals surface area contributed by atoms with Crippen LogP contribution in [0.3, 0.4) is 0 Å². The van der Waals surface area contributed by atoms with Gasteiger partial charge in [-0.1, -0.05) is 0 Å². The van der Waals surface area contributed by atoms with E-state index in [9.17, 15) is 4.79 Å². The van der Waals surface area contributed by atoms with Crippen LogP contribution in [0.15, 0.2) is 65.8 Å². The zero-order valence-electron chi connectivity index (χ0n) is 19.5. The lowest BCUT2D eigenvalue weighted by atomic mass is 10.1. The van der Waals surface area contributed by atoms with Crippen molar-refractivity contribution in [2.75, 3.05) is 30.4 Å². The number of piperazine rings is 1. The van der Waals surface area contributed by atoms with Crippen LogP contribution in [0.25, 0.3) is 16.9 Å². The summed E-state index contributed by atoms with van der Waals surface area (Å²) in [5.41, 5.74) is 6.96. The van der Waals surface area contributed by atoms with E-state index in [0.717, 1.165) is 41.4 Å². The standard InChI is InChI=1S/C26H30N6O/c1-17-13-21(5-7-23(17)31-15-18(2)30(4)19(3)16-31)29-22-6-8-24(32-12-11-28-26(22)32)20-9-10-27-25(33)14-20/h5-14,18-19,29H,15-16H2,1-4H3,(H,27,33). The van der Waals surface area contributed by atoms with Gasteiger partial charge in [-0.2, -0.15) is 0 Å². The Morgan fingerprint density at radius 3 is 2.58 bits per heavy atom. The number of benzene rings is 1. The lowest BCUT2D eigenvalue weighted by Gasteiger charge is -2.44. The second-order valence-electron chi connectivity index (χ2n) is 9.09. The normalized spacial score (nSPS) is 19.2. The molecule has 2 N–H and O–H groups in total. The minimum absolute atomic E-state index is 0.123. The van der Waals surface area contributed by atoms with Crippen LogP contribution >= 0.6 is 0 Å². The fraction of sp³-hybridized carbons (Fsp3) is 0.308. The van der Waals surface area contributed by atoms with Gasteiger partial charge < -0.3 is 15.2 Å². The molecule has 1 fully saturated rings. The zero-order chi connectivity index (χ0) is 23.1. The predicted molar refractivity (Wildman–Crippen MR) is 135 cm³/mol. The van der Waals surface area contributed by atoms with E-state index in [1.54, 1.807) is 18.5 Å². The molecule has 0 amide bonds. The van der Waals surface area contributed by atoms with Gasteiger partial charge in [0.1, 0.15) is 0 Å². The number of nitrogens with zero attached hydrogens (tertiary/aromatic N) is 4. The Balaban J connectivity index is 1.43. The van der Waals surface area contributed by atoms with Crippen LogP contribution in [-0.2, 0) is 0 Å². The first-order valence-corrected chi connectivity index (χ1v) is 11.4. The van der Waals surface area contributed by atoms with Crippen LogP contribution in [0.5, 0.6) is 0 Å². The molecule has 4 aromatic rings. The molecule has 0 bridgehead atoms. The van der Waals surface area contributed by atoms with Gasteiger partial charge in [0.15, 0.2) is 5.65 Å². The molecule has 7 heteroatoms. The van der Waals surface area contributed by atoms with Gasteiger partial charge >= 0.3 is 0 Å². The smallest absolute Gasteiger partial charge is 0.248 e. The fourth-order valence-electron chi connectivity index (χ4n) is 4.80. The van der Waals surface area contributed by atoms with Gasteiger partial charge in [0.05, 0.1) is 11.4 Å². The minimum Gasteiger partial charge on any atom is -0.368 e. The number of nitrogens with one attached hydrogen (secondary N) is 2. The van der Waals surface area contributed by atoms with Gasteiger partial charge in [0.25, 0.3) is 0 Å². The van der Waals surface area contributed by atoms with E-state index in [-0.39, 0.29) is 5.56 Å². The summed E-state index contributed by atoms with van der Waals surface area (Å²) in [4.78, 5) is 24.0. The predicted octanol–water partition coefficient (Wildman–Crippen LogP) is 4.27. The quantitative estimate of drug-likeness (QED) is 0.494. The maximum Gasteiger partial charge on any atom is 0.248 e. The summed E-state index contributed by atoms with van der Waals surface area (Å²) in [6.45, 7) is 8.83. The van der Waals surface area contributed by atoms with E-state index >= 15 is 0 Å². The van der Waals surface area contributed by atoms with E-state index in [0.29, 0.717) is 12.1 Å². The molecule has 7 nitrogen and oxygen atoms in total. The number of anilines is 3. The molecule has 1 saturated heterocycles. The highest BCUT2D eigenvalue weighted by Crippen LogP contribution is 2.30. The van der Waals surface area contributed by atoms with Crippen LogP contribution in [0, 0.1) is 6.92 Å². The average Bonchev–Trinajstić information content (AvgIpc) is 3.28. The van der Waals surface area contributed by atoms with Crippen molar-refractivity contribution in [2.45, 2.75) is 32.9 Å². The summed E-state index contributed by atoms with van der Waals surface area (Å²) in [5, 5.41) is 3.54. The zero-order valence-corrected chi connectivity index (χ0v) is 19.5. The molecule has 1 aliphatic rings. The Bertz CT molecular complexity index is 1340. The largest absolute Gasteiger partial charge is 0.368 e. The topological polar surface area (TPSA) is 68.7 Å². The number of likely N-dealkylation sites (N-methyl/N-ethyl adjacent to an activating group) is 1. The number of imidazole rings is 1. The number of aromatic nitrogens is 3. The van der Waals surface area contributed by atoms with Gasteiger partial charge in [-0.3, -0.25) is 14.1 Å². The van der Waals surface area contributed by atoms with Crippen LogP contribution in [0.1, 0.15) is 19.4 Å². The van der Waals surface area contributed by atoms with E-state index in [1.807, 2.05) is 28.8 Å². The highest BCUT2D eigenvalue weighted by molar-refractivity contribution is 5.78. The third kappa shape index (κ3) is 4.00. The van der Waals surface area contributed by atoms with Crippen LogP contribution < -0.4 is 15.8 Å². The van der Waals surface area contributed by atoms with E-state index < -0.39 is 0 Å². The van der Waals surface area contributed by atoms with Gasteiger partial charge in [0.2, 0.25) is 5.56 Å². The summed E-state index contributed by atoms with van der Waals surface area (Å²) in [6, 6.07) is 15.1. The molecule has 1 aliphatic heterocycles. The van der Waals surface area contributed by atoms with Crippen molar-refractivity contribution >= 4 is 22.7 Å². The summed E-state index contributed by atoms with van der Waals surface area (Å²) < 4.78 is 2.01. The lowest BCUT2D eigenvalue weighted by molar-refractivity contribution is 0.170. The van der Waals surface area contributed by atoms with Gasteiger partial charge in [-0.25, -0.2) is 4.98 Å². The maximum absolute atomic E-state index is 11.8. The molecule has 0 spiro atoms. The van der Waals surface area contributed by atoms with E-state index in [2.05, 4.69) is 71.1 Å². The van der Waals surface area contributed by atoms with Crippen molar-refractivity contribution in [3.8, 4) is 11.3 Å². The van der Waals surface area contributed by atoms with Crippen molar-refractivity contribution in [1.82, 2.24) is 19.3 Å². The van der Waals surface area contributed by atoms with Gasteiger partial charge in [0, 0.05) is 66.8 Å². The first kappa shape index (κ1) is 21.3. The third-order valence-corrected chi connectivity index (χ3v) is 6.80. The lowest BCUT2D eigenvalue weighted by Crippen LogP contribution is -2.55. The summed E-state index contributed by atoms with van der Waals surface area (Å²) >= 11 is 0. The molecule has 3 aromatic heterocycles. The molecule has 0 aliphatic carbocycles. The second-order valence-corrected chi connectivity index (χ2v) is 9.09. The van der Waals surface area contributed by atoms with E-state index in [1.165, 1.54) is 11.3 Å². The number of rotatable bonds is 4. The maximum atomic E-state index is 11.8. The first-order chi connectivity index (χ1) is 15.9. The van der Waals surface area contributed by atoms with Gasteiger partial charge in [-0.15, -0.1) is 0 Å². The van der Waals surface area contributed by atoms with Crippen LogP contribution in [-0.4, -0.2) is 51.5 Å². The number of aromatic amines is 1. The third-order valence-electron chi connectivity index (χ3n) is 6.80. The SMILES string of the molecule is Cc1cc(Nc2ccc(-c3cc[nH]c(=O)c3)n3ccnc23)ccc1N1CC(C)N(C)C(C)C1. The molecule has 170 valence electrons. The summed E-state index contributed by atoms with van der Waals surface area (Å²) in [7, 11) is 2.21. The molecule has 5 rings (SSSR count). The Labute approximate surface area is 193 Å². The van der Waals surface area contributed by atoms with Crippen molar-refractivity contribution in [1.29, 1.82) is 0 Å². The van der Waals surface area contributed by atoms with Gasteiger partial charge in [-0.05, 0) is 69.8 Å². The monoisotopic (exact) mass is 442 g/mol. The molecule has 4 heterocycles. The Kier molecular flexibility index (Phi) is 5.42. The Morgan fingerprint density at radius 1 is 1.06 bits per heavy atom. The number of H-pyrrole nitrogens is 1. The van der Waals surface area contributed by atoms with Crippen molar-refractivity contribution in [3.05, 3.63) is 77.0 Å². The Hall–Kier alpha value is -3.58. The molecule has 2 unspecified atom stereocenters. The molecular weight excluding hydrogens is 412 g/mol. The average molecular weight is 443 g/mol. The number of aryl methyl sites for hydroxylation is 1. The number of hydrogen-bond donors (Lipinski definition) is 2. The van der Waals surface area contributed by atoms with Crippen molar-refractivity contribution in [2.24, 2.45) is 0 Å². The molecule has 0 radical (unpaired) electrons. The number of pyridine rings is 2. The summed E-state index contributed by atoms with van der Waals surface area (Å²) in [6.07, 6.45) is 5.36. The van der Waals surface area contributed by atoms with Crippen molar-refractivity contribution in [3.63, 3.8) is 0 Å². The van der Waals surface area contributed by atoms with Crippen LogP contribution in [0.2, 0.25) is 0 Å². The van der Waals surface area contributed by atoms with E-state index in [4.69, 9.17) is 0 Å². The molecule has 1 aromatic carbocycles. The Morgan fingerprint density at radius 2 is 1.85 bits per heavy atom. The number of fused-ring (bicyclic) bond motifs is 1. The molecule has 33 heavy (non-hydrogen) atoms. The first-order valence-electron chi connectivity index (χ1n) is 11.4. The highest BCUT2D eigenvalue weighted by atomic mass is 16.1. The summed E-state index contributed by atoms with van der Waals surface area (Å²) in [5.74, 6) is 0. The highest BCUT2D eigenvalue weighted by Gasteiger charge is 2.27. The fourth-order valence-corrected chi connectivity index (χ4v) is 4.80. The number of hydrogen-bond acceptors (Lipinski definition) is 5. The molecule has 2 atom stereocenters. The van der Waals surface area contributed by atoms with Crippen LogP contribution in [0.4, 0.5) is 17.1 Å². The minimum atomic E-state index is -0.123. The second kappa shape index (κ2) is 8.41. The molecule has 0 saturated carbocycles.